The highest BCUT2D eigenvalue weighted by atomic mass is 19.1. The van der Waals surface area contributed by atoms with Crippen molar-refractivity contribution in [3.8, 4) is 5.75 Å². The molecule has 0 saturated carbocycles. The van der Waals surface area contributed by atoms with E-state index in [0.29, 0.717) is 0 Å². The zero-order valence-corrected chi connectivity index (χ0v) is 10.2. The van der Waals surface area contributed by atoms with Gasteiger partial charge in [0.1, 0.15) is 12.7 Å². The zero-order valence-electron chi connectivity index (χ0n) is 10.2. The first-order valence-electron chi connectivity index (χ1n) is 6.02. The SMILES string of the molecule is CCN(CC)C1c2cccc(F)c2OCC1O. The minimum Gasteiger partial charge on any atom is -0.487 e. The van der Waals surface area contributed by atoms with Gasteiger partial charge in [-0.05, 0) is 19.2 Å². The maximum Gasteiger partial charge on any atom is 0.165 e. The summed E-state index contributed by atoms with van der Waals surface area (Å²) in [5, 5.41) is 10.1. The van der Waals surface area contributed by atoms with Gasteiger partial charge in [-0.25, -0.2) is 4.39 Å². The fourth-order valence-electron chi connectivity index (χ4n) is 2.43. The molecule has 0 fully saturated rings. The van der Waals surface area contributed by atoms with Crippen molar-refractivity contribution in [1.82, 2.24) is 4.90 Å². The van der Waals surface area contributed by atoms with E-state index >= 15 is 0 Å². The summed E-state index contributed by atoms with van der Waals surface area (Å²) in [5.74, 6) is -0.0683. The lowest BCUT2D eigenvalue weighted by Gasteiger charge is -2.37. The molecule has 2 unspecified atom stereocenters. The second kappa shape index (κ2) is 5.02. The standard InChI is InChI=1S/C13H18FNO2/c1-3-15(4-2)12-9-6-5-7-10(14)13(9)17-8-11(12)16/h5-7,11-12,16H,3-4,8H2,1-2H3. The number of rotatable bonds is 3. The van der Waals surface area contributed by atoms with Crippen molar-refractivity contribution in [3.05, 3.63) is 29.6 Å². The minimum atomic E-state index is -0.607. The normalized spacial score (nSPS) is 23.4. The van der Waals surface area contributed by atoms with E-state index in [-0.39, 0.29) is 24.2 Å². The first-order chi connectivity index (χ1) is 8.19. The van der Waals surface area contributed by atoms with Crippen LogP contribution < -0.4 is 4.74 Å². The molecule has 1 aromatic carbocycles. The van der Waals surface area contributed by atoms with Crippen molar-refractivity contribution in [2.45, 2.75) is 26.0 Å². The summed E-state index contributed by atoms with van der Waals surface area (Å²) in [6.45, 7) is 5.84. The minimum absolute atomic E-state index is 0.148. The number of hydrogen-bond donors (Lipinski definition) is 1. The number of para-hydroxylation sites is 1. The monoisotopic (exact) mass is 239 g/mol. The van der Waals surface area contributed by atoms with Crippen LogP contribution in [0.3, 0.4) is 0 Å². The van der Waals surface area contributed by atoms with Crippen LogP contribution in [0.5, 0.6) is 5.75 Å². The lowest BCUT2D eigenvalue weighted by atomic mass is 9.96. The predicted octanol–water partition coefficient (Wildman–Crippen LogP) is 1.96. The van der Waals surface area contributed by atoms with Gasteiger partial charge in [-0.15, -0.1) is 0 Å². The van der Waals surface area contributed by atoms with Crippen molar-refractivity contribution >= 4 is 0 Å². The molecular formula is C13H18FNO2. The average Bonchev–Trinajstić information content (AvgIpc) is 2.33. The lowest BCUT2D eigenvalue weighted by molar-refractivity contribution is 0.00199. The van der Waals surface area contributed by atoms with E-state index in [0.717, 1.165) is 18.7 Å². The highest BCUT2D eigenvalue weighted by Gasteiger charge is 2.34. The van der Waals surface area contributed by atoms with E-state index < -0.39 is 6.10 Å². The molecule has 94 valence electrons. The number of aliphatic hydroxyl groups excluding tert-OH is 1. The van der Waals surface area contributed by atoms with Crippen LogP contribution in [0.15, 0.2) is 18.2 Å². The molecule has 4 heteroatoms. The van der Waals surface area contributed by atoms with E-state index in [4.69, 9.17) is 4.74 Å². The number of nitrogens with zero attached hydrogens (tertiary/aromatic N) is 1. The van der Waals surface area contributed by atoms with E-state index in [1.165, 1.54) is 6.07 Å². The fourth-order valence-corrected chi connectivity index (χ4v) is 2.43. The molecule has 1 aliphatic rings. The van der Waals surface area contributed by atoms with Crippen LogP contribution in [-0.2, 0) is 0 Å². The van der Waals surface area contributed by atoms with Crippen molar-refractivity contribution in [3.63, 3.8) is 0 Å². The molecular weight excluding hydrogens is 221 g/mol. The van der Waals surface area contributed by atoms with Crippen molar-refractivity contribution in [2.75, 3.05) is 19.7 Å². The van der Waals surface area contributed by atoms with Gasteiger partial charge in [-0.2, -0.15) is 0 Å². The van der Waals surface area contributed by atoms with Crippen LogP contribution >= 0.6 is 0 Å². The number of ether oxygens (including phenoxy) is 1. The Morgan fingerprint density at radius 1 is 1.41 bits per heavy atom. The van der Waals surface area contributed by atoms with Gasteiger partial charge in [0.2, 0.25) is 0 Å². The lowest BCUT2D eigenvalue weighted by Crippen LogP contribution is -2.42. The van der Waals surface area contributed by atoms with Crippen LogP contribution in [0.2, 0.25) is 0 Å². The quantitative estimate of drug-likeness (QED) is 0.875. The van der Waals surface area contributed by atoms with Crippen LogP contribution in [0, 0.1) is 5.82 Å². The molecule has 0 aliphatic carbocycles. The van der Waals surface area contributed by atoms with Crippen molar-refractivity contribution in [1.29, 1.82) is 0 Å². The first kappa shape index (κ1) is 12.3. The summed E-state index contributed by atoms with van der Waals surface area (Å²) in [7, 11) is 0. The molecule has 0 spiro atoms. The molecule has 0 amide bonds. The maximum atomic E-state index is 13.6. The molecule has 1 aliphatic heterocycles. The molecule has 2 atom stereocenters. The fraction of sp³-hybridized carbons (Fsp3) is 0.538. The number of hydrogen-bond acceptors (Lipinski definition) is 3. The van der Waals surface area contributed by atoms with Crippen LogP contribution in [0.25, 0.3) is 0 Å². The van der Waals surface area contributed by atoms with Crippen LogP contribution in [-0.4, -0.2) is 35.8 Å². The van der Waals surface area contributed by atoms with Crippen molar-refractivity contribution < 1.29 is 14.2 Å². The second-order valence-corrected chi connectivity index (χ2v) is 4.20. The van der Waals surface area contributed by atoms with Crippen LogP contribution in [0.4, 0.5) is 4.39 Å². The number of fused-ring (bicyclic) bond motifs is 1. The molecule has 0 saturated heterocycles. The first-order valence-corrected chi connectivity index (χ1v) is 6.02. The third-order valence-electron chi connectivity index (χ3n) is 3.28. The molecule has 0 bridgehead atoms. The van der Waals surface area contributed by atoms with Gasteiger partial charge in [-0.1, -0.05) is 26.0 Å². The predicted molar refractivity (Wildman–Crippen MR) is 63.6 cm³/mol. The summed E-state index contributed by atoms with van der Waals surface area (Å²) in [6.07, 6.45) is -0.607. The summed E-state index contributed by atoms with van der Waals surface area (Å²) in [5.41, 5.74) is 0.743. The van der Waals surface area contributed by atoms with Gasteiger partial charge in [0.05, 0.1) is 6.04 Å². The Morgan fingerprint density at radius 3 is 2.76 bits per heavy atom. The molecule has 2 rings (SSSR count). The van der Waals surface area contributed by atoms with E-state index in [9.17, 15) is 9.50 Å². The Kier molecular flexibility index (Phi) is 3.64. The highest BCUT2D eigenvalue weighted by Crippen LogP contribution is 2.37. The van der Waals surface area contributed by atoms with Gasteiger partial charge in [-0.3, -0.25) is 4.90 Å². The van der Waals surface area contributed by atoms with E-state index in [2.05, 4.69) is 4.90 Å². The number of halogens is 1. The molecule has 1 heterocycles. The highest BCUT2D eigenvalue weighted by molar-refractivity contribution is 5.39. The Morgan fingerprint density at radius 2 is 2.12 bits per heavy atom. The van der Waals surface area contributed by atoms with Gasteiger partial charge < -0.3 is 9.84 Å². The summed E-state index contributed by atoms with van der Waals surface area (Å²) < 4.78 is 18.9. The smallest absolute Gasteiger partial charge is 0.165 e. The summed E-state index contributed by atoms with van der Waals surface area (Å²) in [6, 6.07) is 4.69. The van der Waals surface area contributed by atoms with Gasteiger partial charge in [0, 0.05) is 5.56 Å². The Labute approximate surface area is 101 Å². The third-order valence-corrected chi connectivity index (χ3v) is 3.28. The molecule has 1 N–H and O–H groups in total. The topological polar surface area (TPSA) is 32.7 Å². The number of likely N-dealkylation sites (N-methyl/N-ethyl adjacent to an activating group) is 1. The van der Waals surface area contributed by atoms with E-state index in [1.54, 1.807) is 6.07 Å². The largest absolute Gasteiger partial charge is 0.487 e. The summed E-state index contributed by atoms with van der Waals surface area (Å²) >= 11 is 0. The van der Waals surface area contributed by atoms with Crippen molar-refractivity contribution in [2.24, 2.45) is 0 Å². The summed E-state index contributed by atoms with van der Waals surface area (Å²) in [4.78, 5) is 2.12. The zero-order chi connectivity index (χ0) is 12.4. The average molecular weight is 239 g/mol. The van der Waals surface area contributed by atoms with Crippen LogP contribution in [0.1, 0.15) is 25.5 Å². The Balaban J connectivity index is 2.43. The molecule has 0 aromatic heterocycles. The molecule has 3 nitrogen and oxygen atoms in total. The number of benzene rings is 1. The Hall–Kier alpha value is -1.13. The maximum absolute atomic E-state index is 13.6. The second-order valence-electron chi connectivity index (χ2n) is 4.20. The van der Waals surface area contributed by atoms with Gasteiger partial charge in [0.25, 0.3) is 0 Å². The third kappa shape index (κ3) is 2.15. The molecule has 17 heavy (non-hydrogen) atoms. The van der Waals surface area contributed by atoms with Gasteiger partial charge in [0.15, 0.2) is 11.6 Å². The number of aliphatic hydroxyl groups is 1. The van der Waals surface area contributed by atoms with Gasteiger partial charge >= 0.3 is 0 Å². The molecule has 1 aromatic rings. The van der Waals surface area contributed by atoms with E-state index in [1.807, 2.05) is 19.9 Å². The Bertz CT molecular complexity index is 393. The molecule has 0 radical (unpaired) electrons.